The maximum absolute atomic E-state index is 12.4. The number of amides is 2. The van der Waals surface area contributed by atoms with Crippen LogP contribution < -0.4 is 5.32 Å². The molecule has 1 saturated heterocycles. The van der Waals surface area contributed by atoms with Crippen molar-refractivity contribution in [1.82, 2.24) is 4.90 Å². The number of carbonyl (C=O) groups is 2. The van der Waals surface area contributed by atoms with Crippen LogP contribution in [0, 0.1) is 12.8 Å². The molecule has 0 radical (unpaired) electrons. The molecule has 0 aromatic heterocycles. The van der Waals surface area contributed by atoms with E-state index in [9.17, 15) is 9.59 Å². The van der Waals surface area contributed by atoms with Crippen LogP contribution in [-0.4, -0.2) is 29.8 Å². The summed E-state index contributed by atoms with van der Waals surface area (Å²) < 4.78 is 0. The van der Waals surface area contributed by atoms with Crippen molar-refractivity contribution >= 4 is 29.1 Å². The van der Waals surface area contributed by atoms with Crippen molar-refractivity contribution < 1.29 is 9.59 Å². The van der Waals surface area contributed by atoms with Crippen LogP contribution in [0.2, 0.25) is 5.02 Å². The van der Waals surface area contributed by atoms with Crippen LogP contribution in [0.5, 0.6) is 0 Å². The molecule has 0 spiro atoms. The lowest BCUT2D eigenvalue weighted by Gasteiger charge is -2.16. The Labute approximate surface area is 152 Å². The van der Waals surface area contributed by atoms with Gasteiger partial charge in [-0.2, -0.15) is 0 Å². The van der Waals surface area contributed by atoms with Gasteiger partial charge >= 0.3 is 0 Å². The van der Waals surface area contributed by atoms with Gasteiger partial charge in [0.25, 0.3) is 0 Å². The van der Waals surface area contributed by atoms with E-state index in [0.717, 1.165) is 23.2 Å². The Bertz CT molecular complexity index is 791. The molecule has 25 heavy (non-hydrogen) atoms. The van der Waals surface area contributed by atoms with Gasteiger partial charge in [0.05, 0.1) is 5.92 Å². The molecular weight excluding hydrogens is 336 g/mol. The molecule has 3 rings (SSSR count). The number of hydrogen-bond donors (Lipinski definition) is 1. The molecule has 1 fully saturated rings. The first-order chi connectivity index (χ1) is 12.0. The third-order valence-corrected chi connectivity index (χ3v) is 4.67. The highest BCUT2D eigenvalue weighted by Crippen LogP contribution is 2.21. The van der Waals surface area contributed by atoms with Crippen LogP contribution in [0.4, 0.5) is 5.69 Å². The van der Waals surface area contributed by atoms with E-state index < -0.39 is 0 Å². The summed E-state index contributed by atoms with van der Waals surface area (Å²) in [4.78, 5) is 26.4. The van der Waals surface area contributed by atoms with Crippen LogP contribution >= 0.6 is 11.6 Å². The lowest BCUT2D eigenvalue weighted by atomic mass is 10.1. The van der Waals surface area contributed by atoms with E-state index in [0.29, 0.717) is 18.1 Å². The van der Waals surface area contributed by atoms with Gasteiger partial charge in [0.15, 0.2) is 0 Å². The van der Waals surface area contributed by atoms with Crippen molar-refractivity contribution in [2.45, 2.75) is 19.8 Å². The van der Waals surface area contributed by atoms with E-state index in [1.54, 1.807) is 4.90 Å². The van der Waals surface area contributed by atoms with Gasteiger partial charge in [-0.1, -0.05) is 35.9 Å². The summed E-state index contributed by atoms with van der Waals surface area (Å²) in [6, 6.07) is 15.3. The van der Waals surface area contributed by atoms with Gasteiger partial charge in [-0.05, 0) is 48.7 Å². The summed E-state index contributed by atoms with van der Waals surface area (Å²) >= 11 is 5.99. The van der Waals surface area contributed by atoms with E-state index in [-0.39, 0.29) is 24.2 Å². The van der Waals surface area contributed by atoms with Crippen molar-refractivity contribution in [2.75, 3.05) is 18.4 Å². The highest BCUT2D eigenvalue weighted by molar-refractivity contribution is 6.30. The second kappa shape index (κ2) is 7.70. The Morgan fingerprint density at radius 2 is 2.04 bits per heavy atom. The monoisotopic (exact) mass is 356 g/mol. The second-order valence-electron chi connectivity index (χ2n) is 6.48. The van der Waals surface area contributed by atoms with Gasteiger partial charge in [-0.15, -0.1) is 0 Å². The van der Waals surface area contributed by atoms with Gasteiger partial charge in [-0.25, -0.2) is 0 Å². The lowest BCUT2D eigenvalue weighted by molar-refractivity contribution is -0.128. The van der Waals surface area contributed by atoms with Gasteiger partial charge in [0.2, 0.25) is 11.8 Å². The number of carbonyl (C=O) groups excluding carboxylic acids is 2. The van der Waals surface area contributed by atoms with Crippen LogP contribution in [0.15, 0.2) is 48.5 Å². The van der Waals surface area contributed by atoms with E-state index in [1.165, 1.54) is 0 Å². The predicted molar refractivity (Wildman–Crippen MR) is 99.7 cm³/mol. The van der Waals surface area contributed by atoms with Crippen molar-refractivity contribution in [3.05, 3.63) is 64.7 Å². The Hall–Kier alpha value is -2.33. The molecule has 1 atom stereocenters. The predicted octanol–water partition coefficient (Wildman–Crippen LogP) is 3.68. The minimum absolute atomic E-state index is 0.0337. The van der Waals surface area contributed by atoms with Crippen LogP contribution in [0.3, 0.4) is 0 Å². The smallest absolute Gasteiger partial charge is 0.229 e. The molecule has 1 unspecified atom stereocenters. The quantitative estimate of drug-likeness (QED) is 0.888. The zero-order chi connectivity index (χ0) is 17.8. The largest absolute Gasteiger partial charge is 0.342 e. The number of halogens is 1. The van der Waals surface area contributed by atoms with Gasteiger partial charge in [0, 0.05) is 30.2 Å². The molecular formula is C20H21ClN2O2. The third-order valence-electron chi connectivity index (χ3n) is 4.43. The molecule has 1 heterocycles. The first-order valence-electron chi connectivity index (χ1n) is 8.41. The van der Waals surface area contributed by atoms with Crippen molar-refractivity contribution in [2.24, 2.45) is 5.92 Å². The zero-order valence-corrected chi connectivity index (χ0v) is 14.9. The molecule has 0 aliphatic carbocycles. The highest BCUT2D eigenvalue weighted by atomic mass is 35.5. The fraction of sp³-hybridized carbons (Fsp3) is 0.300. The zero-order valence-electron chi connectivity index (χ0n) is 14.2. The topological polar surface area (TPSA) is 49.4 Å². The first kappa shape index (κ1) is 17.5. The molecule has 2 aromatic carbocycles. The maximum Gasteiger partial charge on any atom is 0.229 e. The molecule has 1 aliphatic rings. The molecule has 0 bridgehead atoms. The molecule has 2 amide bonds. The van der Waals surface area contributed by atoms with Crippen LogP contribution in [0.25, 0.3) is 0 Å². The molecule has 5 heteroatoms. The normalized spacial score (nSPS) is 17.0. The van der Waals surface area contributed by atoms with Gasteiger partial charge in [-0.3, -0.25) is 9.59 Å². The fourth-order valence-corrected chi connectivity index (χ4v) is 3.30. The summed E-state index contributed by atoms with van der Waals surface area (Å²) in [5, 5.41) is 3.61. The number of nitrogens with zero attached hydrogens (tertiary/aromatic N) is 1. The van der Waals surface area contributed by atoms with Crippen molar-refractivity contribution in [1.29, 1.82) is 0 Å². The maximum atomic E-state index is 12.4. The number of rotatable bonds is 5. The Kier molecular flexibility index (Phi) is 5.39. The molecule has 0 saturated carbocycles. The van der Waals surface area contributed by atoms with Gasteiger partial charge in [0.1, 0.15) is 0 Å². The highest BCUT2D eigenvalue weighted by Gasteiger charge is 2.34. The molecule has 1 N–H and O–H groups in total. The Balaban J connectivity index is 1.55. The Morgan fingerprint density at radius 1 is 1.24 bits per heavy atom. The molecule has 1 aliphatic heterocycles. The number of benzene rings is 2. The minimum atomic E-state index is -0.299. The Morgan fingerprint density at radius 3 is 2.80 bits per heavy atom. The van der Waals surface area contributed by atoms with E-state index >= 15 is 0 Å². The number of likely N-dealkylation sites (tertiary alicyclic amines) is 1. The average molecular weight is 357 g/mol. The fourth-order valence-electron chi connectivity index (χ4n) is 3.09. The van der Waals surface area contributed by atoms with E-state index in [4.69, 9.17) is 11.6 Å². The summed E-state index contributed by atoms with van der Waals surface area (Å²) in [6.45, 7) is 3.05. The molecule has 2 aromatic rings. The van der Waals surface area contributed by atoms with Gasteiger partial charge < -0.3 is 10.2 Å². The average Bonchev–Trinajstić information content (AvgIpc) is 2.94. The van der Waals surface area contributed by atoms with E-state index in [1.807, 2.05) is 55.5 Å². The molecule has 130 valence electrons. The minimum Gasteiger partial charge on any atom is -0.342 e. The standard InChI is InChI=1S/C20H21ClN2O2/c1-14-4-2-7-18(10-14)22-20(25)16-12-19(24)23(13-16)9-8-15-5-3-6-17(21)11-15/h2-7,10-11,16H,8-9,12-13H2,1H3,(H,22,25). The van der Waals surface area contributed by atoms with Crippen molar-refractivity contribution in [3.63, 3.8) is 0 Å². The second-order valence-corrected chi connectivity index (χ2v) is 6.92. The summed E-state index contributed by atoms with van der Waals surface area (Å²) in [5.74, 6) is -0.358. The summed E-state index contributed by atoms with van der Waals surface area (Å²) in [6.07, 6.45) is 1.01. The number of aryl methyl sites for hydroxylation is 1. The number of anilines is 1. The third kappa shape index (κ3) is 4.60. The van der Waals surface area contributed by atoms with E-state index in [2.05, 4.69) is 5.32 Å². The number of hydrogen-bond acceptors (Lipinski definition) is 2. The number of nitrogens with one attached hydrogen (secondary N) is 1. The van der Waals surface area contributed by atoms with Crippen LogP contribution in [0.1, 0.15) is 17.5 Å². The summed E-state index contributed by atoms with van der Waals surface area (Å²) in [5.41, 5.74) is 2.95. The van der Waals surface area contributed by atoms with Crippen LogP contribution in [-0.2, 0) is 16.0 Å². The lowest BCUT2D eigenvalue weighted by Crippen LogP contribution is -2.30. The van der Waals surface area contributed by atoms with Crippen molar-refractivity contribution in [3.8, 4) is 0 Å². The molecule has 4 nitrogen and oxygen atoms in total. The SMILES string of the molecule is Cc1cccc(NC(=O)C2CC(=O)N(CCc3cccc(Cl)c3)C2)c1. The summed E-state index contributed by atoms with van der Waals surface area (Å²) in [7, 11) is 0. The first-order valence-corrected chi connectivity index (χ1v) is 8.79.